The van der Waals surface area contributed by atoms with Crippen molar-refractivity contribution in [3.8, 4) is 0 Å². The van der Waals surface area contributed by atoms with Crippen LogP contribution in [-0.2, 0) is 11.3 Å². The number of ether oxygens (including phenoxy) is 1. The van der Waals surface area contributed by atoms with E-state index in [1.165, 1.54) is 11.1 Å². The molecule has 0 aliphatic carbocycles. The average molecular weight is 381 g/mol. The van der Waals surface area contributed by atoms with Gasteiger partial charge in [-0.05, 0) is 30.3 Å². The van der Waals surface area contributed by atoms with Gasteiger partial charge < -0.3 is 9.64 Å². The number of para-hydroxylation sites is 1. The van der Waals surface area contributed by atoms with Crippen LogP contribution in [0.2, 0.25) is 5.15 Å². The van der Waals surface area contributed by atoms with Crippen LogP contribution in [0.3, 0.4) is 0 Å². The number of halogens is 1. The maximum absolute atomic E-state index is 12.9. The number of anilines is 1. The number of carbonyl (C=O) groups is 2. The number of benzene rings is 2. The molecule has 0 saturated carbocycles. The fourth-order valence-electron chi connectivity index (χ4n) is 2.52. The van der Waals surface area contributed by atoms with Gasteiger partial charge in [0.1, 0.15) is 11.8 Å². The second-order valence-corrected chi connectivity index (χ2v) is 6.20. The molecule has 0 spiro atoms. The quantitative estimate of drug-likeness (QED) is 0.487. The molecule has 0 saturated heterocycles. The molecule has 0 N–H and O–H groups in total. The molecule has 6 heteroatoms. The van der Waals surface area contributed by atoms with Crippen LogP contribution in [0.4, 0.5) is 5.69 Å². The summed E-state index contributed by atoms with van der Waals surface area (Å²) in [6.07, 6.45) is 1.54. The van der Waals surface area contributed by atoms with Gasteiger partial charge in [-0.15, -0.1) is 0 Å². The lowest BCUT2D eigenvalue weighted by Crippen LogP contribution is -2.28. The van der Waals surface area contributed by atoms with Crippen molar-refractivity contribution in [3.63, 3.8) is 0 Å². The Bertz CT molecular complexity index is 943. The van der Waals surface area contributed by atoms with Crippen molar-refractivity contribution in [2.24, 2.45) is 0 Å². The molecular formula is C21H17ClN2O3. The SMILES string of the molecule is CN(C(=O)c1ccccc1C(=O)OCc1ccc(Cl)nc1)c1ccccc1. The lowest BCUT2D eigenvalue weighted by atomic mass is 10.1. The summed E-state index contributed by atoms with van der Waals surface area (Å²) >= 11 is 5.75. The van der Waals surface area contributed by atoms with Crippen LogP contribution in [0.25, 0.3) is 0 Å². The molecule has 1 amide bonds. The first-order valence-electron chi connectivity index (χ1n) is 8.26. The fraction of sp³-hybridized carbons (Fsp3) is 0.0952. The Labute approximate surface area is 162 Å². The zero-order chi connectivity index (χ0) is 19.2. The number of aromatic nitrogens is 1. The fourth-order valence-corrected chi connectivity index (χ4v) is 2.63. The number of hydrogen-bond donors (Lipinski definition) is 0. The van der Waals surface area contributed by atoms with Crippen LogP contribution in [0.15, 0.2) is 72.9 Å². The number of carbonyl (C=O) groups excluding carboxylic acids is 2. The second-order valence-electron chi connectivity index (χ2n) is 5.81. The highest BCUT2D eigenvalue weighted by molar-refractivity contribution is 6.29. The van der Waals surface area contributed by atoms with Crippen molar-refractivity contribution in [3.05, 3.63) is 94.8 Å². The molecule has 0 radical (unpaired) electrons. The van der Waals surface area contributed by atoms with E-state index in [-0.39, 0.29) is 23.6 Å². The highest BCUT2D eigenvalue weighted by Gasteiger charge is 2.21. The highest BCUT2D eigenvalue weighted by atomic mass is 35.5. The van der Waals surface area contributed by atoms with Crippen molar-refractivity contribution in [1.82, 2.24) is 4.98 Å². The van der Waals surface area contributed by atoms with E-state index in [9.17, 15) is 9.59 Å². The van der Waals surface area contributed by atoms with Crippen molar-refractivity contribution in [1.29, 1.82) is 0 Å². The lowest BCUT2D eigenvalue weighted by molar-refractivity contribution is 0.0469. The molecule has 5 nitrogen and oxygen atoms in total. The Morgan fingerprint density at radius 1 is 0.963 bits per heavy atom. The number of nitrogens with zero attached hydrogens (tertiary/aromatic N) is 2. The van der Waals surface area contributed by atoms with E-state index in [2.05, 4.69) is 4.98 Å². The van der Waals surface area contributed by atoms with Gasteiger partial charge in [0.15, 0.2) is 0 Å². The van der Waals surface area contributed by atoms with Gasteiger partial charge in [-0.25, -0.2) is 9.78 Å². The van der Waals surface area contributed by atoms with Crippen molar-refractivity contribution in [2.75, 3.05) is 11.9 Å². The predicted octanol–water partition coefficient (Wildman–Crippen LogP) is 4.37. The Morgan fingerprint density at radius 3 is 2.30 bits per heavy atom. The summed E-state index contributed by atoms with van der Waals surface area (Å²) in [5.74, 6) is -0.864. The maximum Gasteiger partial charge on any atom is 0.339 e. The van der Waals surface area contributed by atoms with Crippen molar-refractivity contribution in [2.45, 2.75) is 6.61 Å². The summed E-state index contributed by atoms with van der Waals surface area (Å²) in [5.41, 5.74) is 1.94. The topological polar surface area (TPSA) is 59.5 Å². The van der Waals surface area contributed by atoms with E-state index in [4.69, 9.17) is 16.3 Å². The molecule has 0 unspecified atom stereocenters. The van der Waals surface area contributed by atoms with Gasteiger partial charge in [0, 0.05) is 24.5 Å². The summed E-state index contributed by atoms with van der Waals surface area (Å²) in [5, 5.41) is 0.366. The minimum Gasteiger partial charge on any atom is -0.457 e. The molecule has 0 fully saturated rings. The number of amides is 1. The summed E-state index contributed by atoms with van der Waals surface area (Å²) in [6, 6.07) is 19.2. The minimum absolute atomic E-state index is 0.0417. The Balaban J connectivity index is 1.77. The molecule has 0 aliphatic rings. The molecular weight excluding hydrogens is 364 g/mol. The van der Waals surface area contributed by atoms with Crippen molar-refractivity contribution >= 4 is 29.2 Å². The first-order valence-corrected chi connectivity index (χ1v) is 8.64. The van der Waals surface area contributed by atoms with E-state index >= 15 is 0 Å². The zero-order valence-electron chi connectivity index (χ0n) is 14.6. The molecule has 27 heavy (non-hydrogen) atoms. The largest absolute Gasteiger partial charge is 0.457 e. The minimum atomic E-state index is -0.574. The van der Waals surface area contributed by atoms with Crippen LogP contribution in [-0.4, -0.2) is 23.9 Å². The second kappa shape index (κ2) is 8.47. The predicted molar refractivity (Wildman–Crippen MR) is 104 cm³/mol. The van der Waals surface area contributed by atoms with Gasteiger partial charge in [-0.2, -0.15) is 0 Å². The average Bonchev–Trinajstić information content (AvgIpc) is 2.72. The van der Waals surface area contributed by atoms with E-state index in [0.29, 0.717) is 10.7 Å². The third-order valence-electron chi connectivity index (χ3n) is 3.98. The maximum atomic E-state index is 12.9. The van der Waals surface area contributed by atoms with Gasteiger partial charge in [-0.1, -0.05) is 48.0 Å². The van der Waals surface area contributed by atoms with Crippen LogP contribution in [0, 0.1) is 0 Å². The molecule has 0 atom stereocenters. The van der Waals surface area contributed by atoms with Gasteiger partial charge in [-0.3, -0.25) is 4.79 Å². The first kappa shape index (κ1) is 18.6. The molecule has 1 aromatic heterocycles. The third kappa shape index (κ3) is 4.51. The van der Waals surface area contributed by atoms with Gasteiger partial charge in [0.05, 0.1) is 11.1 Å². The lowest BCUT2D eigenvalue weighted by Gasteiger charge is -2.18. The van der Waals surface area contributed by atoms with Gasteiger partial charge in [0.2, 0.25) is 0 Å². The van der Waals surface area contributed by atoms with Crippen LogP contribution in [0.5, 0.6) is 0 Å². The molecule has 3 rings (SSSR count). The Kier molecular flexibility index (Phi) is 5.84. The smallest absolute Gasteiger partial charge is 0.339 e. The van der Waals surface area contributed by atoms with Gasteiger partial charge >= 0.3 is 5.97 Å². The summed E-state index contributed by atoms with van der Waals surface area (Å²) in [7, 11) is 1.67. The molecule has 3 aromatic rings. The van der Waals surface area contributed by atoms with E-state index in [0.717, 1.165) is 5.69 Å². The number of esters is 1. The number of rotatable bonds is 5. The van der Waals surface area contributed by atoms with E-state index in [1.54, 1.807) is 43.4 Å². The third-order valence-corrected chi connectivity index (χ3v) is 4.21. The van der Waals surface area contributed by atoms with Crippen LogP contribution < -0.4 is 4.90 Å². The van der Waals surface area contributed by atoms with Crippen LogP contribution >= 0.6 is 11.6 Å². The zero-order valence-corrected chi connectivity index (χ0v) is 15.4. The highest BCUT2D eigenvalue weighted by Crippen LogP contribution is 2.18. The molecule has 0 aliphatic heterocycles. The summed E-state index contributed by atoms with van der Waals surface area (Å²) < 4.78 is 5.34. The standard InChI is InChI=1S/C21H17ClN2O3/c1-24(16-7-3-2-4-8-16)20(25)17-9-5-6-10-18(17)21(26)27-14-15-11-12-19(22)23-13-15/h2-13H,14H2,1H3. The molecule has 1 heterocycles. The normalized spacial score (nSPS) is 10.3. The first-order chi connectivity index (χ1) is 13.1. The van der Waals surface area contributed by atoms with Gasteiger partial charge in [0.25, 0.3) is 5.91 Å². The Hall–Kier alpha value is -3.18. The molecule has 2 aromatic carbocycles. The summed E-state index contributed by atoms with van der Waals surface area (Å²) in [6.45, 7) is 0.0417. The molecule has 136 valence electrons. The summed E-state index contributed by atoms with van der Waals surface area (Å²) in [4.78, 5) is 30.8. The number of hydrogen-bond acceptors (Lipinski definition) is 4. The monoisotopic (exact) mass is 380 g/mol. The molecule has 0 bridgehead atoms. The van der Waals surface area contributed by atoms with Crippen molar-refractivity contribution < 1.29 is 14.3 Å². The van der Waals surface area contributed by atoms with E-state index < -0.39 is 5.97 Å². The number of pyridine rings is 1. The van der Waals surface area contributed by atoms with E-state index in [1.807, 2.05) is 30.3 Å². The Morgan fingerprint density at radius 2 is 1.63 bits per heavy atom. The van der Waals surface area contributed by atoms with Crippen LogP contribution in [0.1, 0.15) is 26.3 Å².